The van der Waals surface area contributed by atoms with Gasteiger partial charge in [-0.1, -0.05) is 0 Å². The molecule has 1 aliphatic rings. The second kappa shape index (κ2) is 2.27. The van der Waals surface area contributed by atoms with E-state index in [2.05, 4.69) is 0 Å². The van der Waals surface area contributed by atoms with Gasteiger partial charge in [-0.15, -0.1) is 0 Å². The highest BCUT2D eigenvalue weighted by molar-refractivity contribution is 5.80. The molecule has 0 aromatic carbocycles. The fourth-order valence-electron chi connectivity index (χ4n) is 0.555. The first-order valence-electron chi connectivity index (χ1n) is 2.31. The summed E-state index contributed by atoms with van der Waals surface area (Å²) in [6.45, 7) is 0. The molecular formula is C6H6NO. The van der Waals surface area contributed by atoms with Crippen molar-refractivity contribution in [1.82, 2.24) is 0 Å². The predicted molar refractivity (Wildman–Crippen MR) is 29.6 cm³/mol. The zero-order valence-corrected chi connectivity index (χ0v) is 4.29. The van der Waals surface area contributed by atoms with Crippen molar-refractivity contribution in [3.8, 4) is 0 Å². The Labute approximate surface area is 49.1 Å². The lowest BCUT2D eigenvalue weighted by molar-refractivity contribution is -0.105. The standard InChI is InChI=1S/C6H6NO/c7-6-3-1-2-5(6)4-8/h1-4H,7H2. The summed E-state index contributed by atoms with van der Waals surface area (Å²) >= 11 is 0. The summed E-state index contributed by atoms with van der Waals surface area (Å²) < 4.78 is 0. The molecule has 1 saturated carbocycles. The molecule has 0 aromatic rings. The van der Waals surface area contributed by atoms with E-state index in [9.17, 15) is 4.79 Å². The molecule has 0 spiro atoms. The van der Waals surface area contributed by atoms with Gasteiger partial charge in [0.15, 0.2) is 0 Å². The fourth-order valence-corrected chi connectivity index (χ4v) is 0.555. The van der Waals surface area contributed by atoms with Crippen molar-refractivity contribution in [3.05, 3.63) is 31.2 Å². The minimum Gasteiger partial charge on any atom is -0.322 e. The molecule has 8 heavy (non-hydrogen) atoms. The van der Waals surface area contributed by atoms with Crippen LogP contribution in [0, 0.1) is 31.2 Å². The van der Waals surface area contributed by atoms with Crippen molar-refractivity contribution in [2.24, 2.45) is 5.73 Å². The molecule has 0 heterocycles. The number of carbonyl (C=O) groups is 1. The number of hydrogen-bond acceptors (Lipinski definition) is 2. The molecule has 0 amide bonds. The topological polar surface area (TPSA) is 43.1 Å². The third-order valence-corrected chi connectivity index (χ3v) is 1.01. The summed E-state index contributed by atoms with van der Waals surface area (Å²) in [6.07, 6.45) is 5.88. The lowest BCUT2D eigenvalue weighted by atomic mass is 10.1. The van der Waals surface area contributed by atoms with Gasteiger partial charge in [-0.2, -0.15) is 0 Å². The lowest BCUT2D eigenvalue weighted by Crippen LogP contribution is -2.14. The van der Waals surface area contributed by atoms with Crippen LogP contribution in [-0.4, -0.2) is 6.29 Å². The molecule has 41 valence electrons. The molecule has 0 aromatic heterocycles. The van der Waals surface area contributed by atoms with Crippen LogP contribution >= 0.6 is 0 Å². The van der Waals surface area contributed by atoms with E-state index in [0.29, 0.717) is 12.0 Å². The Morgan fingerprint density at radius 2 is 2.25 bits per heavy atom. The molecule has 0 unspecified atom stereocenters. The third-order valence-electron chi connectivity index (χ3n) is 1.01. The number of aldehydes is 1. The van der Waals surface area contributed by atoms with Gasteiger partial charge in [0.05, 0.1) is 12.0 Å². The molecule has 5 radical (unpaired) electrons. The average molecular weight is 108 g/mol. The Morgan fingerprint density at radius 1 is 1.50 bits per heavy atom. The molecule has 0 bridgehead atoms. The summed E-state index contributed by atoms with van der Waals surface area (Å²) in [7, 11) is 0. The third kappa shape index (κ3) is 0.892. The Kier molecular flexibility index (Phi) is 1.63. The second-order valence-electron chi connectivity index (χ2n) is 1.55. The maximum Gasteiger partial charge on any atom is 0.129 e. The monoisotopic (exact) mass is 108 g/mol. The summed E-state index contributed by atoms with van der Waals surface area (Å²) in [5.41, 5.74) is 5.32. The van der Waals surface area contributed by atoms with Gasteiger partial charge in [-0.3, -0.25) is 0 Å². The van der Waals surface area contributed by atoms with E-state index in [4.69, 9.17) is 5.73 Å². The Hall–Kier alpha value is -0.370. The zero-order valence-electron chi connectivity index (χ0n) is 4.29. The fraction of sp³-hybridized carbons (Fsp3) is 0. The van der Waals surface area contributed by atoms with Crippen LogP contribution in [0.4, 0.5) is 0 Å². The summed E-state index contributed by atoms with van der Waals surface area (Å²) in [6, 6.07) is 0.556. The minimum absolute atomic E-state index is 0.556. The van der Waals surface area contributed by atoms with Gasteiger partial charge < -0.3 is 10.5 Å². The van der Waals surface area contributed by atoms with E-state index in [-0.39, 0.29) is 0 Å². The smallest absolute Gasteiger partial charge is 0.129 e. The number of hydrogen-bond donors (Lipinski definition) is 1. The van der Waals surface area contributed by atoms with Gasteiger partial charge in [-0.25, -0.2) is 0 Å². The molecule has 0 aliphatic heterocycles. The first-order valence-corrected chi connectivity index (χ1v) is 2.31. The Bertz CT molecular complexity index is 92.5. The van der Waals surface area contributed by atoms with E-state index in [1.807, 2.05) is 0 Å². The van der Waals surface area contributed by atoms with Gasteiger partial charge in [0.25, 0.3) is 0 Å². The number of rotatable bonds is 1. The van der Waals surface area contributed by atoms with E-state index >= 15 is 0 Å². The maximum absolute atomic E-state index is 10.0. The second-order valence-corrected chi connectivity index (χ2v) is 1.55. The van der Waals surface area contributed by atoms with Crippen molar-refractivity contribution in [3.63, 3.8) is 0 Å². The minimum atomic E-state index is 0.556. The Balaban J connectivity index is 2.41. The summed E-state index contributed by atoms with van der Waals surface area (Å²) in [4.78, 5) is 10.0. The normalized spacial score (nSPS) is 24.1. The average Bonchev–Trinajstić information content (AvgIpc) is 2.14. The first kappa shape index (κ1) is 5.76. The van der Waals surface area contributed by atoms with Gasteiger partial charge in [0, 0.05) is 0 Å². The largest absolute Gasteiger partial charge is 0.322 e. The quantitative estimate of drug-likeness (QED) is 0.476. The SMILES string of the molecule is N[C]1[CH][CH][CH][C]1C=O. The lowest BCUT2D eigenvalue weighted by Gasteiger charge is -2.01. The molecule has 0 atom stereocenters. The molecule has 2 nitrogen and oxygen atoms in total. The highest BCUT2D eigenvalue weighted by Gasteiger charge is 2.25. The zero-order chi connectivity index (χ0) is 5.98. The van der Waals surface area contributed by atoms with Crippen molar-refractivity contribution in [2.75, 3.05) is 0 Å². The molecular weight excluding hydrogens is 102 g/mol. The van der Waals surface area contributed by atoms with E-state index < -0.39 is 0 Å². The molecule has 2 N–H and O–H groups in total. The molecule has 2 heteroatoms. The maximum atomic E-state index is 10.0. The first-order chi connectivity index (χ1) is 3.84. The van der Waals surface area contributed by atoms with Gasteiger partial charge >= 0.3 is 0 Å². The highest BCUT2D eigenvalue weighted by Crippen LogP contribution is 2.26. The van der Waals surface area contributed by atoms with Crippen LogP contribution in [0.15, 0.2) is 0 Å². The van der Waals surface area contributed by atoms with Crippen molar-refractivity contribution < 1.29 is 4.79 Å². The van der Waals surface area contributed by atoms with Crippen LogP contribution < -0.4 is 5.73 Å². The molecule has 1 aliphatic carbocycles. The van der Waals surface area contributed by atoms with Crippen LogP contribution in [0.3, 0.4) is 0 Å². The van der Waals surface area contributed by atoms with Crippen LogP contribution in [0.2, 0.25) is 0 Å². The summed E-state index contributed by atoms with van der Waals surface area (Å²) in [5.74, 6) is 0.574. The number of carbonyl (C=O) groups excluding carboxylic acids is 1. The van der Waals surface area contributed by atoms with E-state index in [1.165, 1.54) is 0 Å². The highest BCUT2D eigenvalue weighted by atomic mass is 16.1. The summed E-state index contributed by atoms with van der Waals surface area (Å²) in [5, 5.41) is 0. The van der Waals surface area contributed by atoms with Crippen molar-refractivity contribution in [2.45, 2.75) is 0 Å². The van der Waals surface area contributed by atoms with Crippen LogP contribution in [0.25, 0.3) is 0 Å². The Morgan fingerprint density at radius 3 is 2.50 bits per heavy atom. The van der Waals surface area contributed by atoms with E-state index in [1.54, 1.807) is 19.3 Å². The van der Waals surface area contributed by atoms with Crippen LogP contribution in [-0.2, 0) is 4.79 Å². The van der Waals surface area contributed by atoms with Crippen molar-refractivity contribution in [1.29, 1.82) is 0 Å². The van der Waals surface area contributed by atoms with Gasteiger partial charge in [0.1, 0.15) is 6.29 Å². The predicted octanol–water partition coefficient (Wildman–Crippen LogP) is -0.123. The molecule has 1 fully saturated rings. The molecule has 0 saturated heterocycles. The van der Waals surface area contributed by atoms with Crippen molar-refractivity contribution >= 4 is 6.29 Å². The number of nitrogens with two attached hydrogens (primary N) is 1. The van der Waals surface area contributed by atoms with E-state index in [0.717, 1.165) is 6.29 Å². The van der Waals surface area contributed by atoms with Crippen LogP contribution in [0.1, 0.15) is 0 Å². The molecule has 1 rings (SSSR count). The van der Waals surface area contributed by atoms with Gasteiger partial charge in [0.2, 0.25) is 0 Å². The van der Waals surface area contributed by atoms with Gasteiger partial charge in [-0.05, 0) is 19.3 Å². The van der Waals surface area contributed by atoms with Crippen LogP contribution in [0.5, 0.6) is 0 Å².